The highest BCUT2D eigenvalue weighted by atomic mass is 16.3. The summed E-state index contributed by atoms with van der Waals surface area (Å²) in [6.45, 7) is 9.54. The lowest BCUT2D eigenvalue weighted by atomic mass is 9.73. The van der Waals surface area contributed by atoms with Crippen LogP contribution in [0.25, 0.3) is 11.3 Å². The third-order valence-corrected chi connectivity index (χ3v) is 5.67. The molecule has 0 aliphatic rings. The normalized spacial score (nSPS) is 14.3. The number of anilines is 1. The van der Waals surface area contributed by atoms with Crippen LogP contribution in [0.4, 0.5) is 5.95 Å². The van der Waals surface area contributed by atoms with Gasteiger partial charge in [-0.1, -0.05) is 19.9 Å². The molecule has 0 fully saturated rings. The number of amidine groups is 1. The second-order valence-electron chi connectivity index (χ2n) is 9.16. The van der Waals surface area contributed by atoms with Gasteiger partial charge in [0.2, 0.25) is 5.95 Å². The van der Waals surface area contributed by atoms with Crippen molar-refractivity contribution in [2.24, 2.45) is 16.6 Å². The van der Waals surface area contributed by atoms with Crippen molar-refractivity contribution < 1.29 is 9.90 Å². The summed E-state index contributed by atoms with van der Waals surface area (Å²) >= 11 is 0. The third-order valence-electron chi connectivity index (χ3n) is 5.67. The van der Waals surface area contributed by atoms with Crippen LogP contribution in [-0.2, 0) is 12.0 Å². The zero-order valence-electron chi connectivity index (χ0n) is 19.5. The lowest BCUT2D eigenvalue weighted by Crippen LogP contribution is -2.43. The van der Waals surface area contributed by atoms with Gasteiger partial charge in [-0.25, -0.2) is 9.97 Å². The number of amides is 1. The number of pyridine rings is 1. The van der Waals surface area contributed by atoms with Crippen molar-refractivity contribution in [2.75, 3.05) is 5.73 Å². The zero-order valence-corrected chi connectivity index (χ0v) is 19.5. The van der Waals surface area contributed by atoms with Crippen LogP contribution in [0.1, 0.15) is 50.5 Å². The molecule has 3 rings (SSSR count). The summed E-state index contributed by atoms with van der Waals surface area (Å²) in [6.07, 6.45) is 7.91. The van der Waals surface area contributed by atoms with E-state index in [1.54, 1.807) is 38.6 Å². The molecule has 1 atom stereocenters. The summed E-state index contributed by atoms with van der Waals surface area (Å²) in [5.74, 6) is -0.0884. The van der Waals surface area contributed by atoms with Crippen molar-refractivity contribution in [3.05, 3.63) is 54.2 Å². The first kappa shape index (κ1) is 24.0. The van der Waals surface area contributed by atoms with Crippen LogP contribution in [0, 0.1) is 5.92 Å². The largest absolute Gasteiger partial charge is 0.389 e. The number of rotatable bonds is 7. The van der Waals surface area contributed by atoms with Crippen LogP contribution in [0.3, 0.4) is 0 Å². The van der Waals surface area contributed by atoms with Crippen molar-refractivity contribution in [3.63, 3.8) is 0 Å². The second kappa shape index (κ2) is 9.07. The van der Waals surface area contributed by atoms with Crippen molar-refractivity contribution in [1.29, 1.82) is 0 Å². The molecule has 5 N–H and O–H groups in total. The molecule has 0 saturated heterocycles. The Morgan fingerprint density at radius 2 is 1.79 bits per heavy atom. The fourth-order valence-electron chi connectivity index (χ4n) is 3.37. The van der Waals surface area contributed by atoms with Crippen molar-refractivity contribution in [1.82, 2.24) is 24.7 Å². The molecular weight excluding hydrogens is 420 g/mol. The molecule has 3 aromatic rings. The zero-order chi connectivity index (χ0) is 24.4. The molecule has 0 bridgehead atoms. The molecule has 10 nitrogen and oxygen atoms in total. The van der Waals surface area contributed by atoms with Gasteiger partial charge in [0, 0.05) is 30.4 Å². The van der Waals surface area contributed by atoms with Gasteiger partial charge in [0.1, 0.15) is 5.84 Å². The van der Waals surface area contributed by atoms with E-state index >= 15 is 0 Å². The lowest BCUT2D eigenvalue weighted by Gasteiger charge is -2.33. The van der Waals surface area contributed by atoms with Crippen molar-refractivity contribution in [2.45, 2.75) is 52.2 Å². The molecule has 0 aliphatic heterocycles. The van der Waals surface area contributed by atoms with Crippen molar-refractivity contribution >= 4 is 17.7 Å². The Bertz CT molecular complexity index is 1140. The summed E-state index contributed by atoms with van der Waals surface area (Å²) in [4.78, 5) is 29.5. The topological polar surface area (TPSA) is 158 Å². The average molecular weight is 451 g/mol. The number of aliphatic imine (C=N–C) groups is 1. The molecule has 0 spiro atoms. The maximum atomic E-state index is 12.8. The van der Waals surface area contributed by atoms with Crippen LogP contribution in [-0.4, -0.2) is 47.2 Å². The number of nitrogens with two attached hydrogens (primary N) is 2. The number of hydrogen-bond acceptors (Lipinski definition) is 7. The Balaban J connectivity index is 1.88. The van der Waals surface area contributed by atoms with E-state index in [9.17, 15) is 9.90 Å². The maximum Gasteiger partial charge on any atom is 0.281 e. The smallest absolute Gasteiger partial charge is 0.281 e. The van der Waals surface area contributed by atoms with Crippen LogP contribution < -0.4 is 11.5 Å². The molecule has 1 amide bonds. The summed E-state index contributed by atoms with van der Waals surface area (Å²) < 4.78 is 1.50. The van der Waals surface area contributed by atoms with E-state index < -0.39 is 16.9 Å². The van der Waals surface area contributed by atoms with E-state index in [1.807, 2.05) is 32.9 Å². The Kier molecular flexibility index (Phi) is 6.59. The highest BCUT2D eigenvalue weighted by molar-refractivity contribution is 6.05. The molecule has 10 heteroatoms. The summed E-state index contributed by atoms with van der Waals surface area (Å²) in [6, 6.07) is 3.76. The van der Waals surface area contributed by atoms with Crippen molar-refractivity contribution in [3.8, 4) is 11.3 Å². The van der Waals surface area contributed by atoms with Crippen LogP contribution >= 0.6 is 0 Å². The summed E-state index contributed by atoms with van der Waals surface area (Å²) in [7, 11) is 0. The van der Waals surface area contributed by atoms with Gasteiger partial charge in [0.25, 0.3) is 5.91 Å². The first-order valence-corrected chi connectivity index (χ1v) is 10.6. The molecule has 174 valence electrons. The Morgan fingerprint density at radius 3 is 2.33 bits per heavy atom. The number of carbonyl (C=O) groups excluding carboxylic acids is 1. The minimum atomic E-state index is -0.956. The van der Waals surface area contributed by atoms with Gasteiger partial charge in [-0.05, 0) is 38.3 Å². The summed E-state index contributed by atoms with van der Waals surface area (Å²) in [5.41, 5.74) is 12.8. The van der Waals surface area contributed by atoms with E-state index in [4.69, 9.17) is 11.5 Å². The van der Waals surface area contributed by atoms with Gasteiger partial charge in [-0.15, -0.1) is 0 Å². The quantitative estimate of drug-likeness (QED) is 0.365. The van der Waals surface area contributed by atoms with Crippen LogP contribution in [0.15, 0.2) is 48.1 Å². The van der Waals surface area contributed by atoms with Crippen LogP contribution in [0.5, 0.6) is 0 Å². The Labute approximate surface area is 192 Å². The van der Waals surface area contributed by atoms with E-state index in [1.165, 1.54) is 10.9 Å². The number of nitrogen functional groups attached to an aromatic ring is 1. The monoisotopic (exact) mass is 450 g/mol. The predicted octanol–water partition coefficient (Wildman–Crippen LogP) is 2.20. The minimum Gasteiger partial charge on any atom is -0.389 e. The number of hydrogen-bond donors (Lipinski definition) is 3. The minimum absolute atomic E-state index is 0.0273. The standard InChI is InChI=1S/C23H30N8O2/c1-14(2)23(5,17-6-7-18(26-11-17)15-8-27-21(25)28-9-15)20(24)30-19(32)16-10-29-31(12-16)13-22(3,4)33/h6-12,14,33H,13H2,1-5H3,(H2,24,30,32)(H2,25,27,28). The van der Waals surface area contributed by atoms with Gasteiger partial charge in [-0.2, -0.15) is 10.1 Å². The van der Waals surface area contributed by atoms with Crippen LogP contribution in [0.2, 0.25) is 0 Å². The van der Waals surface area contributed by atoms with E-state index in [0.29, 0.717) is 11.3 Å². The highest BCUT2D eigenvalue weighted by Gasteiger charge is 2.36. The molecule has 33 heavy (non-hydrogen) atoms. The summed E-state index contributed by atoms with van der Waals surface area (Å²) in [5, 5.41) is 14.1. The molecule has 3 aromatic heterocycles. The lowest BCUT2D eigenvalue weighted by molar-refractivity contribution is 0.0576. The van der Waals surface area contributed by atoms with Gasteiger partial charge in [-0.3, -0.25) is 14.5 Å². The number of nitrogens with zero attached hydrogens (tertiary/aromatic N) is 6. The number of aromatic nitrogens is 5. The number of carbonyl (C=O) groups is 1. The molecule has 0 aliphatic carbocycles. The maximum absolute atomic E-state index is 12.8. The van der Waals surface area contributed by atoms with Gasteiger partial charge < -0.3 is 16.6 Å². The fourth-order valence-corrected chi connectivity index (χ4v) is 3.37. The molecule has 3 heterocycles. The van der Waals surface area contributed by atoms with Gasteiger partial charge >= 0.3 is 0 Å². The fraction of sp³-hybridized carbons (Fsp3) is 0.391. The SMILES string of the molecule is CC(C)C(C)(C(N)=NC(=O)c1cnn(CC(C)(C)O)c1)c1ccc(-c2cnc(N)nc2)nc1. The second-order valence-corrected chi connectivity index (χ2v) is 9.16. The van der Waals surface area contributed by atoms with E-state index in [-0.39, 0.29) is 24.2 Å². The molecule has 0 aromatic carbocycles. The Hall–Kier alpha value is -3.66. The molecular formula is C23H30N8O2. The van der Waals surface area contributed by atoms with Gasteiger partial charge in [0.05, 0.1) is 35.0 Å². The first-order chi connectivity index (χ1) is 15.4. The van der Waals surface area contributed by atoms with E-state index in [0.717, 1.165) is 11.1 Å². The van der Waals surface area contributed by atoms with E-state index in [2.05, 4.69) is 25.0 Å². The highest BCUT2D eigenvalue weighted by Crippen LogP contribution is 2.33. The molecule has 0 radical (unpaired) electrons. The third kappa shape index (κ3) is 5.40. The molecule has 1 unspecified atom stereocenters. The van der Waals surface area contributed by atoms with Gasteiger partial charge in [0.15, 0.2) is 0 Å². The Morgan fingerprint density at radius 1 is 1.12 bits per heavy atom. The average Bonchev–Trinajstić information content (AvgIpc) is 3.20. The first-order valence-electron chi connectivity index (χ1n) is 10.6. The number of aliphatic hydroxyl groups is 1. The predicted molar refractivity (Wildman–Crippen MR) is 126 cm³/mol. The molecule has 0 saturated carbocycles.